The molecule has 0 aliphatic carbocycles. The molecule has 0 saturated heterocycles. The summed E-state index contributed by atoms with van der Waals surface area (Å²) < 4.78 is 57.4. The molecule has 0 aromatic heterocycles. The molecule has 3 aromatic carbocycles. The molecule has 0 aliphatic heterocycles. The lowest BCUT2D eigenvalue weighted by Gasteiger charge is -2.20. The number of hydrogen-bond donors (Lipinski definition) is 3. The highest BCUT2D eigenvalue weighted by Crippen LogP contribution is 2.28. The van der Waals surface area contributed by atoms with E-state index in [1.165, 1.54) is 42.5 Å². The Morgan fingerprint density at radius 1 is 1.00 bits per heavy atom. The number of amides is 1. The number of nitrogens with two attached hydrogens (primary N) is 1. The van der Waals surface area contributed by atoms with E-state index in [4.69, 9.17) is 21.5 Å². The molecule has 0 radical (unpaired) electrons. The number of carbonyl (C=O) groups excluding carboxylic acids is 1. The maximum absolute atomic E-state index is 13.3. The van der Waals surface area contributed by atoms with E-state index < -0.39 is 32.0 Å². The number of hydrogen-bond acceptors (Lipinski definition) is 6. The van der Waals surface area contributed by atoms with Crippen LogP contribution in [0.25, 0.3) is 0 Å². The van der Waals surface area contributed by atoms with E-state index in [0.29, 0.717) is 0 Å². The van der Waals surface area contributed by atoms with E-state index in [1.807, 2.05) is 0 Å². The van der Waals surface area contributed by atoms with Crippen LogP contribution in [-0.4, -0.2) is 35.4 Å². The van der Waals surface area contributed by atoms with Crippen LogP contribution in [0.3, 0.4) is 0 Å². The van der Waals surface area contributed by atoms with Crippen molar-refractivity contribution >= 4 is 43.2 Å². The summed E-state index contributed by atoms with van der Waals surface area (Å²) in [7, 11) is -8.13. The molecule has 1 unspecified atom stereocenters. The van der Waals surface area contributed by atoms with Crippen molar-refractivity contribution < 1.29 is 26.4 Å². The van der Waals surface area contributed by atoms with Gasteiger partial charge < -0.3 is 10.1 Å². The Balaban J connectivity index is 1.91. The summed E-state index contributed by atoms with van der Waals surface area (Å²) in [5.74, 6) is -0.553. The molecular formula is C23H24ClN3O6S2. The maximum Gasteiger partial charge on any atom is 0.245 e. The number of rotatable bonds is 10. The summed E-state index contributed by atoms with van der Waals surface area (Å²) in [5.41, 5.74) is 0.980. The average molecular weight is 538 g/mol. The molecule has 4 N–H and O–H groups in total. The van der Waals surface area contributed by atoms with Gasteiger partial charge in [-0.1, -0.05) is 41.9 Å². The number of nitrogens with one attached hydrogen (secondary N) is 2. The van der Waals surface area contributed by atoms with Gasteiger partial charge in [-0.3, -0.25) is 4.79 Å². The van der Waals surface area contributed by atoms with Crippen molar-refractivity contribution in [3.63, 3.8) is 0 Å². The minimum atomic E-state index is -4.23. The predicted molar refractivity (Wildman–Crippen MR) is 133 cm³/mol. The zero-order chi connectivity index (χ0) is 25.6. The highest BCUT2D eigenvalue weighted by atomic mass is 35.5. The molecule has 0 bridgehead atoms. The second-order valence-electron chi connectivity index (χ2n) is 7.45. The van der Waals surface area contributed by atoms with Crippen LogP contribution in [0, 0.1) is 0 Å². The molecule has 0 aliphatic rings. The summed E-state index contributed by atoms with van der Waals surface area (Å²) in [6.45, 7) is 1.94. The zero-order valence-electron chi connectivity index (χ0n) is 18.6. The van der Waals surface area contributed by atoms with Gasteiger partial charge in [0.2, 0.25) is 26.0 Å². The predicted octanol–water partition coefficient (Wildman–Crippen LogP) is 2.91. The molecule has 0 heterocycles. The normalized spacial score (nSPS) is 12.7. The average Bonchev–Trinajstić information content (AvgIpc) is 2.80. The van der Waals surface area contributed by atoms with Crippen molar-refractivity contribution in [3.8, 4) is 5.75 Å². The van der Waals surface area contributed by atoms with Gasteiger partial charge >= 0.3 is 0 Å². The third kappa shape index (κ3) is 7.26. The molecule has 0 fully saturated rings. The molecule has 35 heavy (non-hydrogen) atoms. The third-order valence-electron chi connectivity index (χ3n) is 4.84. The van der Waals surface area contributed by atoms with Gasteiger partial charge in [-0.15, -0.1) is 0 Å². The molecule has 9 nitrogen and oxygen atoms in total. The first-order valence-corrected chi connectivity index (χ1v) is 13.8. The largest absolute Gasteiger partial charge is 0.492 e. The summed E-state index contributed by atoms with van der Waals surface area (Å²) >= 11 is 6.03. The smallest absolute Gasteiger partial charge is 0.245 e. The number of halogens is 1. The quantitative estimate of drug-likeness (QED) is 0.362. The topological polar surface area (TPSA) is 145 Å². The van der Waals surface area contributed by atoms with Gasteiger partial charge in [0, 0.05) is 10.7 Å². The number of benzene rings is 3. The SMILES string of the molecule is CCOc1ccc(Cl)cc1S(=O)(=O)NC(Cc1ccccc1)C(=O)Nc1ccc(S(N)(=O)=O)cc1. The van der Waals surface area contributed by atoms with Crippen LogP contribution in [0.2, 0.25) is 5.02 Å². The van der Waals surface area contributed by atoms with Gasteiger partial charge in [0.1, 0.15) is 16.7 Å². The number of carbonyl (C=O) groups is 1. The first-order chi connectivity index (χ1) is 16.5. The second kappa shape index (κ2) is 11.2. The Labute approximate surface area is 209 Å². The Kier molecular flexibility index (Phi) is 8.51. The molecule has 3 rings (SSSR count). The Bertz CT molecular complexity index is 1400. The van der Waals surface area contributed by atoms with Gasteiger partial charge in [-0.2, -0.15) is 4.72 Å². The molecule has 186 valence electrons. The molecule has 3 aromatic rings. The highest BCUT2D eigenvalue weighted by molar-refractivity contribution is 7.89. The van der Waals surface area contributed by atoms with E-state index in [9.17, 15) is 21.6 Å². The minimum absolute atomic E-state index is 0.0473. The monoisotopic (exact) mass is 537 g/mol. The number of sulfonamides is 2. The van der Waals surface area contributed by atoms with Crippen LogP contribution in [0.5, 0.6) is 5.75 Å². The van der Waals surface area contributed by atoms with Crippen LogP contribution < -0.4 is 19.9 Å². The van der Waals surface area contributed by atoms with Crippen LogP contribution >= 0.6 is 11.6 Å². The van der Waals surface area contributed by atoms with Crippen molar-refractivity contribution in [3.05, 3.63) is 83.4 Å². The fraction of sp³-hybridized carbons (Fsp3) is 0.174. The molecule has 12 heteroatoms. The van der Waals surface area contributed by atoms with Crippen LogP contribution in [0.15, 0.2) is 82.6 Å². The van der Waals surface area contributed by atoms with Gasteiger partial charge in [-0.25, -0.2) is 22.0 Å². The van der Waals surface area contributed by atoms with E-state index in [0.717, 1.165) is 5.56 Å². The van der Waals surface area contributed by atoms with Gasteiger partial charge in [-0.05, 0) is 61.4 Å². The van der Waals surface area contributed by atoms with Crippen molar-refractivity contribution in [1.82, 2.24) is 4.72 Å². The Hall–Kier alpha value is -2.96. The van der Waals surface area contributed by atoms with Gasteiger partial charge in [0.15, 0.2) is 0 Å². The number of ether oxygens (including phenoxy) is 1. The lowest BCUT2D eigenvalue weighted by atomic mass is 10.1. The molecular weight excluding hydrogens is 514 g/mol. The van der Waals surface area contributed by atoms with Crippen molar-refractivity contribution in [2.24, 2.45) is 5.14 Å². The first kappa shape index (κ1) is 26.6. The summed E-state index contributed by atoms with van der Waals surface area (Å²) in [6.07, 6.45) is 0.0473. The minimum Gasteiger partial charge on any atom is -0.492 e. The van der Waals surface area contributed by atoms with Crippen molar-refractivity contribution in [2.75, 3.05) is 11.9 Å². The Morgan fingerprint density at radius 3 is 2.26 bits per heavy atom. The molecule has 0 saturated carbocycles. The van der Waals surface area contributed by atoms with Crippen molar-refractivity contribution in [1.29, 1.82) is 0 Å². The molecule has 0 spiro atoms. The van der Waals surface area contributed by atoms with E-state index in [2.05, 4.69) is 10.0 Å². The summed E-state index contributed by atoms with van der Waals surface area (Å²) in [5, 5.41) is 7.89. The summed E-state index contributed by atoms with van der Waals surface area (Å²) in [4.78, 5) is 12.8. The standard InChI is InChI=1S/C23H24ClN3O6S2/c1-2-33-21-13-8-17(24)15-22(21)35(31,32)27-20(14-16-6-4-3-5-7-16)23(28)26-18-9-11-19(12-10-18)34(25,29)30/h3-13,15,20,27H,2,14H2,1H3,(H,26,28)(H2,25,29,30). The van der Waals surface area contributed by atoms with Gasteiger partial charge in [0.05, 0.1) is 11.5 Å². The van der Waals surface area contributed by atoms with Crippen LogP contribution in [-0.2, 0) is 31.3 Å². The lowest BCUT2D eigenvalue weighted by Crippen LogP contribution is -2.45. The van der Waals surface area contributed by atoms with E-state index in [-0.39, 0.29) is 39.3 Å². The fourth-order valence-corrected chi connectivity index (χ4v) is 5.33. The zero-order valence-corrected chi connectivity index (χ0v) is 21.0. The molecule has 1 atom stereocenters. The Morgan fingerprint density at radius 2 is 1.66 bits per heavy atom. The van der Waals surface area contributed by atoms with Crippen molar-refractivity contribution in [2.45, 2.75) is 29.2 Å². The van der Waals surface area contributed by atoms with E-state index in [1.54, 1.807) is 37.3 Å². The second-order valence-corrected chi connectivity index (χ2v) is 11.1. The number of primary sulfonamides is 1. The number of anilines is 1. The highest BCUT2D eigenvalue weighted by Gasteiger charge is 2.29. The first-order valence-electron chi connectivity index (χ1n) is 10.4. The fourth-order valence-electron chi connectivity index (χ4n) is 3.21. The van der Waals surface area contributed by atoms with Crippen LogP contribution in [0.1, 0.15) is 12.5 Å². The summed E-state index contributed by atoms with van der Waals surface area (Å²) in [6, 6.07) is 17.0. The lowest BCUT2D eigenvalue weighted by molar-refractivity contribution is -0.117. The van der Waals surface area contributed by atoms with Gasteiger partial charge in [0.25, 0.3) is 0 Å². The van der Waals surface area contributed by atoms with E-state index >= 15 is 0 Å². The maximum atomic E-state index is 13.3. The third-order valence-corrected chi connectivity index (χ3v) is 7.50. The van der Waals surface area contributed by atoms with Crippen LogP contribution in [0.4, 0.5) is 5.69 Å². The molecule has 1 amide bonds.